The summed E-state index contributed by atoms with van der Waals surface area (Å²) in [6.07, 6.45) is 1.48. The van der Waals surface area contributed by atoms with Crippen LogP contribution in [0, 0.1) is 0 Å². The predicted octanol–water partition coefficient (Wildman–Crippen LogP) is 2.50. The minimum absolute atomic E-state index is 0.227. The van der Waals surface area contributed by atoms with Crippen LogP contribution in [0.4, 0.5) is 5.69 Å². The number of benzene rings is 1. The van der Waals surface area contributed by atoms with Gasteiger partial charge in [0.1, 0.15) is 15.9 Å². The Morgan fingerprint density at radius 2 is 1.95 bits per heavy atom. The van der Waals surface area contributed by atoms with Gasteiger partial charge in [-0.25, -0.2) is 9.78 Å². The highest BCUT2D eigenvalue weighted by Crippen LogP contribution is 2.22. The van der Waals surface area contributed by atoms with Crippen LogP contribution in [0.2, 0.25) is 0 Å². The Morgan fingerprint density at radius 1 is 1.20 bits per heavy atom. The minimum Gasteiger partial charge on any atom is -0.507 e. The van der Waals surface area contributed by atoms with Gasteiger partial charge < -0.3 is 15.5 Å². The molecule has 2 aromatic rings. The average Bonchev–Trinajstić information content (AvgIpc) is 2.38. The van der Waals surface area contributed by atoms with Gasteiger partial charge >= 0.3 is 5.97 Å². The lowest BCUT2D eigenvalue weighted by Gasteiger charge is -2.07. The van der Waals surface area contributed by atoms with E-state index in [0.717, 1.165) is 0 Å². The van der Waals surface area contributed by atoms with Crippen LogP contribution >= 0.6 is 15.9 Å². The third-order valence-corrected chi connectivity index (χ3v) is 2.91. The molecular formula is C13H9BrN2O4. The van der Waals surface area contributed by atoms with E-state index in [1.165, 1.54) is 30.5 Å². The second kappa shape index (κ2) is 5.70. The summed E-state index contributed by atoms with van der Waals surface area (Å²) in [5.74, 6) is -2.04. The second-order valence-corrected chi connectivity index (χ2v) is 4.67. The van der Waals surface area contributed by atoms with E-state index < -0.39 is 17.6 Å². The molecule has 1 aromatic heterocycles. The van der Waals surface area contributed by atoms with Crippen LogP contribution in [0.3, 0.4) is 0 Å². The molecular weight excluding hydrogens is 328 g/mol. The average molecular weight is 337 g/mol. The summed E-state index contributed by atoms with van der Waals surface area (Å²) in [5, 5.41) is 20.9. The van der Waals surface area contributed by atoms with E-state index in [2.05, 4.69) is 26.2 Å². The number of hydrogen-bond donors (Lipinski definition) is 3. The Morgan fingerprint density at radius 3 is 2.55 bits per heavy atom. The monoisotopic (exact) mass is 336 g/mol. The number of amides is 1. The Labute approximate surface area is 122 Å². The summed E-state index contributed by atoms with van der Waals surface area (Å²) >= 11 is 3.16. The van der Waals surface area contributed by atoms with Crippen molar-refractivity contribution in [3.8, 4) is 5.75 Å². The summed E-state index contributed by atoms with van der Waals surface area (Å²) in [6, 6.07) is 6.87. The van der Waals surface area contributed by atoms with Gasteiger partial charge in [0.05, 0.1) is 0 Å². The normalized spacial score (nSPS) is 10.1. The summed E-state index contributed by atoms with van der Waals surface area (Å²) < 4.78 is 0.522. The maximum Gasteiger partial charge on any atom is 0.339 e. The van der Waals surface area contributed by atoms with Crippen LogP contribution in [0.1, 0.15) is 20.7 Å². The first kappa shape index (κ1) is 14.0. The van der Waals surface area contributed by atoms with Crippen molar-refractivity contribution in [3.63, 3.8) is 0 Å². The second-order valence-electron chi connectivity index (χ2n) is 3.86. The topological polar surface area (TPSA) is 99.5 Å². The van der Waals surface area contributed by atoms with Gasteiger partial charge in [-0.05, 0) is 40.2 Å². The molecule has 2 rings (SSSR count). The first-order chi connectivity index (χ1) is 9.47. The van der Waals surface area contributed by atoms with Crippen molar-refractivity contribution in [2.24, 2.45) is 0 Å². The lowest BCUT2D eigenvalue weighted by molar-refractivity contribution is 0.0693. The molecule has 1 aromatic carbocycles. The molecule has 0 unspecified atom stereocenters. The fourth-order valence-electron chi connectivity index (χ4n) is 1.54. The number of aromatic hydroxyl groups is 1. The number of rotatable bonds is 3. The van der Waals surface area contributed by atoms with Gasteiger partial charge in [-0.15, -0.1) is 0 Å². The third kappa shape index (κ3) is 3.12. The van der Waals surface area contributed by atoms with E-state index in [9.17, 15) is 14.7 Å². The minimum atomic E-state index is -1.24. The summed E-state index contributed by atoms with van der Waals surface area (Å²) in [7, 11) is 0. The number of carboxylic acid groups (broad SMARTS) is 1. The number of anilines is 1. The number of carbonyl (C=O) groups excluding carboxylic acids is 1. The lowest BCUT2D eigenvalue weighted by Crippen LogP contribution is -2.12. The van der Waals surface area contributed by atoms with Crippen molar-refractivity contribution in [1.29, 1.82) is 0 Å². The standard InChI is InChI=1S/C13H9BrN2O4/c14-11-5-7(3-4-15-11)12(18)16-8-1-2-9(13(19)20)10(17)6-8/h1-6,17H,(H,16,18)(H,19,20). The van der Waals surface area contributed by atoms with Gasteiger partial charge in [0, 0.05) is 23.5 Å². The molecule has 0 aliphatic heterocycles. The van der Waals surface area contributed by atoms with Crippen LogP contribution in [0.25, 0.3) is 0 Å². The van der Waals surface area contributed by atoms with Gasteiger partial charge in [0.25, 0.3) is 5.91 Å². The van der Waals surface area contributed by atoms with Crippen molar-refractivity contribution < 1.29 is 19.8 Å². The number of carbonyl (C=O) groups is 2. The highest BCUT2D eigenvalue weighted by molar-refractivity contribution is 9.10. The van der Waals surface area contributed by atoms with Gasteiger partial charge in [-0.2, -0.15) is 0 Å². The molecule has 0 atom stereocenters. The van der Waals surface area contributed by atoms with Crippen molar-refractivity contribution in [3.05, 3.63) is 52.3 Å². The summed E-state index contributed by atoms with van der Waals surface area (Å²) in [5.41, 5.74) is 0.453. The molecule has 6 nitrogen and oxygen atoms in total. The van der Waals surface area contributed by atoms with Crippen LogP contribution in [0.15, 0.2) is 41.1 Å². The zero-order valence-electron chi connectivity index (χ0n) is 10.0. The van der Waals surface area contributed by atoms with Crippen LogP contribution in [0.5, 0.6) is 5.75 Å². The molecule has 0 bridgehead atoms. The predicted molar refractivity (Wildman–Crippen MR) is 75.0 cm³/mol. The fraction of sp³-hybridized carbons (Fsp3) is 0. The molecule has 0 aliphatic carbocycles. The molecule has 0 spiro atoms. The molecule has 0 saturated heterocycles. The molecule has 7 heteroatoms. The van der Waals surface area contributed by atoms with Crippen LogP contribution < -0.4 is 5.32 Å². The summed E-state index contributed by atoms with van der Waals surface area (Å²) in [4.78, 5) is 26.6. The molecule has 20 heavy (non-hydrogen) atoms. The van der Waals surface area contributed by atoms with Crippen LogP contribution in [-0.2, 0) is 0 Å². The van der Waals surface area contributed by atoms with E-state index in [4.69, 9.17) is 5.11 Å². The Kier molecular flexibility index (Phi) is 3.99. The highest BCUT2D eigenvalue weighted by atomic mass is 79.9. The van der Waals surface area contributed by atoms with E-state index >= 15 is 0 Å². The van der Waals surface area contributed by atoms with Crippen molar-refractivity contribution in [1.82, 2.24) is 4.98 Å². The molecule has 3 N–H and O–H groups in total. The third-order valence-electron chi connectivity index (χ3n) is 2.47. The van der Waals surface area contributed by atoms with Crippen LogP contribution in [-0.4, -0.2) is 27.1 Å². The quantitative estimate of drug-likeness (QED) is 0.748. The highest BCUT2D eigenvalue weighted by Gasteiger charge is 2.12. The number of hydrogen-bond acceptors (Lipinski definition) is 4. The zero-order valence-corrected chi connectivity index (χ0v) is 11.6. The number of nitrogens with zero attached hydrogens (tertiary/aromatic N) is 1. The zero-order chi connectivity index (χ0) is 14.7. The molecule has 1 heterocycles. The number of aromatic carboxylic acids is 1. The van der Waals surface area contributed by atoms with Gasteiger partial charge in [0.15, 0.2) is 0 Å². The maximum atomic E-state index is 11.9. The number of nitrogens with one attached hydrogen (secondary N) is 1. The van der Waals surface area contributed by atoms with E-state index in [1.807, 2.05) is 0 Å². The van der Waals surface area contributed by atoms with E-state index in [0.29, 0.717) is 15.9 Å². The van der Waals surface area contributed by atoms with E-state index in [-0.39, 0.29) is 5.56 Å². The Bertz CT molecular complexity index is 688. The summed E-state index contributed by atoms with van der Waals surface area (Å²) in [6.45, 7) is 0. The Hall–Kier alpha value is -2.41. The number of carboxylic acids is 1. The molecule has 102 valence electrons. The smallest absolute Gasteiger partial charge is 0.339 e. The SMILES string of the molecule is O=C(Nc1ccc(C(=O)O)c(O)c1)c1ccnc(Br)c1. The molecule has 0 aliphatic rings. The van der Waals surface area contributed by atoms with E-state index in [1.54, 1.807) is 6.07 Å². The number of aromatic nitrogens is 1. The number of halogens is 1. The first-order valence-electron chi connectivity index (χ1n) is 5.46. The maximum absolute atomic E-state index is 11.9. The lowest BCUT2D eigenvalue weighted by atomic mass is 10.1. The molecule has 0 fully saturated rings. The number of phenols is 1. The van der Waals surface area contributed by atoms with Crippen molar-refractivity contribution in [2.45, 2.75) is 0 Å². The largest absolute Gasteiger partial charge is 0.507 e. The van der Waals surface area contributed by atoms with Gasteiger partial charge in [0.2, 0.25) is 0 Å². The Balaban J connectivity index is 2.20. The first-order valence-corrected chi connectivity index (χ1v) is 6.26. The van der Waals surface area contributed by atoms with Gasteiger partial charge in [-0.3, -0.25) is 4.79 Å². The molecule has 1 amide bonds. The molecule has 0 saturated carbocycles. The van der Waals surface area contributed by atoms with Crippen molar-refractivity contribution >= 4 is 33.5 Å². The number of pyridine rings is 1. The van der Waals surface area contributed by atoms with Crippen molar-refractivity contribution in [2.75, 3.05) is 5.32 Å². The van der Waals surface area contributed by atoms with Gasteiger partial charge in [-0.1, -0.05) is 0 Å². The fourth-order valence-corrected chi connectivity index (χ4v) is 1.90. The molecule has 0 radical (unpaired) electrons.